The van der Waals surface area contributed by atoms with Crippen molar-refractivity contribution in [3.8, 4) is 6.07 Å². The molecule has 0 radical (unpaired) electrons. The highest BCUT2D eigenvalue weighted by Crippen LogP contribution is 2.28. The van der Waals surface area contributed by atoms with Crippen molar-refractivity contribution < 1.29 is 28.1 Å². The van der Waals surface area contributed by atoms with Crippen LogP contribution in [0.1, 0.15) is 16.8 Å². The van der Waals surface area contributed by atoms with Crippen LogP contribution in [0.4, 0.5) is 18.9 Å². The lowest BCUT2D eigenvalue weighted by atomic mass is 10.0. The summed E-state index contributed by atoms with van der Waals surface area (Å²) in [5.74, 6) is -4.66. The Morgan fingerprint density at radius 3 is 2.75 bits per heavy atom. The maximum Gasteiger partial charge on any atom is 0.388 e. The van der Waals surface area contributed by atoms with Crippen LogP contribution in [0.25, 0.3) is 0 Å². The highest BCUT2D eigenvalue weighted by Gasteiger charge is 2.41. The van der Waals surface area contributed by atoms with Gasteiger partial charge < -0.3 is 26.7 Å². The molecule has 1 unspecified atom stereocenters. The van der Waals surface area contributed by atoms with Gasteiger partial charge in [-0.15, -0.1) is 0 Å². The molecule has 2 aromatic rings. The summed E-state index contributed by atoms with van der Waals surface area (Å²) >= 11 is 5.60. The number of benzene rings is 1. The molecule has 9 nitrogen and oxygen atoms in total. The van der Waals surface area contributed by atoms with Crippen LogP contribution in [0.5, 0.6) is 0 Å². The van der Waals surface area contributed by atoms with Crippen LogP contribution in [0.15, 0.2) is 29.4 Å². The smallest absolute Gasteiger partial charge is 0.388 e. The molecule has 0 aliphatic carbocycles. The minimum atomic E-state index is -3.45. The first-order chi connectivity index (χ1) is 15.1. The van der Waals surface area contributed by atoms with E-state index in [1.165, 1.54) is 12.1 Å². The number of hydrogen-bond donors (Lipinski definition) is 5. The van der Waals surface area contributed by atoms with Crippen molar-refractivity contribution in [3.05, 3.63) is 58.1 Å². The summed E-state index contributed by atoms with van der Waals surface area (Å²) in [7, 11) is 0. The first-order valence-corrected chi connectivity index (χ1v) is 9.52. The van der Waals surface area contributed by atoms with Gasteiger partial charge in [0, 0.05) is 24.6 Å². The third-order valence-electron chi connectivity index (χ3n) is 4.05. The molecule has 2 rings (SSSR count). The fraction of sp³-hybridized carbons (Fsp3) is 0.316. The zero-order valence-electron chi connectivity index (χ0n) is 16.6. The van der Waals surface area contributed by atoms with Gasteiger partial charge in [-0.2, -0.15) is 14.0 Å². The van der Waals surface area contributed by atoms with Gasteiger partial charge in [-0.3, -0.25) is 5.32 Å². The number of anilines is 1. The quantitative estimate of drug-likeness (QED) is 0.105. The van der Waals surface area contributed by atoms with Crippen LogP contribution in [0, 0.1) is 23.3 Å². The van der Waals surface area contributed by atoms with Crippen LogP contribution in [-0.4, -0.2) is 37.0 Å². The molecular formula is C19H20ClF3N7O2+. The summed E-state index contributed by atoms with van der Waals surface area (Å²) in [6.45, 7) is -0.854. The molecule has 0 aliphatic heterocycles. The van der Waals surface area contributed by atoms with E-state index in [0.29, 0.717) is 0 Å². The fourth-order valence-electron chi connectivity index (χ4n) is 2.56. The van der Waals surface area contributed by atoms with E-state index in [1.54, 1.807) is 0 Å². The van der Waals surface area contributed by atoms with Gasteiger partial charge in [0.1, 0.15) is 12.8 Å². The van der Waals surface area contributed by atoms with Gasteiger partial charge in [-0.05, 0) is 28.3 Å². The molecule has 1 aromatic carbocycles. The number of guanidine groups is 1. The standard InChI is InChI=1S/C19H20ClF3N7O2/c20-12-2-4-15(28-9-12)19(22,23)10-29-14-3-1-11(8-24)13(17(14)21)7-16(31)27-5-6-32-30-18(25)26/h1-4,16,27,29,31H,5-7,10H2,(H4,25,26,30)/q+1. The number of oxime groups is 1. The second-order valence-electron chi connectivity index (χ2n) is 6.44. The molecule has 0 amide bonds. The molecule has 0 saturated heterocycles. The number of halogens is 4. The number of nitrogens with one attached hydrogen (secondary N) is 2. The second-order valence-corrected chi connectivity index (χ2v) is 6.84. The number of nitrogens with two attached hydrogens (primary N) is 2. The summed E-state index contributed by atoms with van der Waals surface area (Å²) in [4.78, 5) is 8.20. The largest absolute Gasteiger partial charge is 0.392 e. The summed E-state index contributed by atoms with van der Waals surface area (Å²) in [5.41, 5.74) is 9.12. The van der Waals surface area contributed by atoms with E-state index < -0.39 is 30.2 Å². The minimum absolute atomic E-state index is 0.00931. The molecule has 0 aliphatic rings. The molecule has 13 heteroatoms. The number of nitrogens with zero attached hydrogens (tertiary/aromatic N) is 3. The van der Waals surface area contributed by atoms with E-state index in [9.17, 15) is 23.5 Å². The number of aliphatic hydroxyl groups excluding tert-OH is 1. The first-order valence-electron chi connectivity index (χ1n) is 9.14. The van der Waals surface area contributed by atoms with Gasteiger partial charge in [0.05, 0.1) is 23.9 Å². The van der Waals surface area contributed by atoms with E-state index in [2.05, 4.69) is 27.0 Å². The zero-order valence-corrected chi connectivity index (χ0v) is 17.3. The molecular weight excluding hydrogens is 451 g/mol. The molecule has 1 atom stereocenters. The van der Waals surface area contributed by atoms with Crippen molar-refractivity contribution in [2.24, 2.45) is 16.6 Å². The van der Waals surface area contributed by atoms with Gasteiger partial charge >= 0.3 is 17.8 Å². The topological polar surface area (TPSA) is 156 Å². The van der Waals surface area contributed by atoms with Gasteiger partial charge in [0.25, 0.3) is 0 Å². The highest BCUT2D eigenvalue weighted by molar-refractivity contribution is 6.30. The van der Waals surface area contributed by atoms with Gasteiger partial charge in [0.2, 0.25) is 5.96 Å². The summed E-state index contributed by atoms with van der Waals surface area (Å²) in [5, 5.41) is 27.6. The Hall–Kier alpha value is -3.45. The number of alkyl halides is 2. The molecule has 32 heavy (non-hydrogen) atoms. The maximum atomic E-state index is 14.9. The Morgan fingerprint density at radius 1 is 1.38 bits per heavy atom. The Labute approximate surface area is 186 Å². The second kappa shape index (κ2) is 11.2. The normalized spacial score (nSPS) is 11.8. The van der Waals surface area contributed by atoms with Crippen molar-refractivity contribution >= 4 is 23.2 Å². The number of aliphatic hydroxyl groups is 1. The third kappa shape index (κ3) is 7.06. The lowest BCUT2D eigenvalue weighted by Gasteiger charge is -2.17. The van der Waals surface area contributed by atoms with E-state index in [0.717, 1.165) is 12.1 Å². The van der Waals surface area contributed by atoms with E-state index >= 15 is 0 Å². The van der Waals surface area contributed by atoms with Crippen LogP contribution in [-0.2, 0) is 17.2 Å². The van der Waals surface area contributed by atoms with Crippen molar-refractivity contribution in [2.45, 2.75) is 18.6 Å². The Bertz CT molecular complexity index is 980. The first kappa shape index (κ1) is 24.8. The van der Waals surface area contributed by atoms with Crippen LogP contribution >= 0.6 is 11.6 Å². The van der Waals surface area contributed by atoms with Crippen molar-refractivity contribution in [1.29, 1.82) is 5.26 Å². The van der Waals surface area contributed by atoms with E-state index in [-0.39, 0.29) is 47.4 Å². The number of hydrogen-bond acceptors (Lipinski definition) is 6. The molecule has 170 valence electrons. The number of rotatable bonds is 11. The fourth-order valence-corrected chi connectivity index (χ4v) is 2.66. The monoisotopic (exact) mass is 470 g/mol. The Morgan fingerprint density at radius 2 is 2.12 bits per heavy atom. The predicted octanol–water partition coefficient (Wildman–Crippen LogP) is 0.610. The Balaban J connectivity index is 2.06. The summed E-state index contributed by atoms with van der Waals surface area (Å²) in [6.07, 6.45) is 0.658. The van der Waals surface area contributed by atoms with Crippen molar-refractivity contribution in [3.63, 3.8) is 0 Å². The van der Waals surface area contributed by atoms with E-state index in [1.807, 2.05) is 6.07 Å². The van der Waals surface area contributed by atoms with Gasteiger partial charge in [-0.25, -0.2) is 4.39 Å². The van der Waals surface area contributed by atoms with Crippen molar-refractivity contribution in [2.75, 3.05) is 25.0 Å². The zero-order chi connectivity index (χ0) is 23.7. The molecule has 0 spiro atoms. The molecule has 0 saturated carbocycles. The van der Waals surface area contributed by atoms with Crippen molar-refractivity contribution in [1.82, 2.24) is 5.32 Å². The molecule has 0 bridgehead atoms. The van der Waals surface area contributed by atoms with Gasteiger partial charge in [0.15, 0.2) is 10.8 Å². The average Bonchev–Trinajstić information content (AvgIpc) is 2.74. The highest BCUT2D eigenvalue weighted by atomic mass is 35.5. The number of aromatic nitrogens is 1. The minimum Gasteiger partial charge on any atom is -0.392 e. The Kier molecular flexibility index (Phi) is 8.72. The SMILES string of the molecule is N#Cc1ccc(NCC(F)(F)c2ccc(Cl)c#[n+]2)c(F)c1CC(O)NCCON=C(N)N. The number of nitriles is 1. The molecule has 1 heterocycles. The van der Waals surface area contributed by atoms with Gasteiger partial charge in [-0.1, -0.05) is 11.6 Å². The summed E-state index contributed by atoms with van der Waals surface area (Å²) in [6, 6.07) is 6.50. The lowest BCUT2D eigenvalue weighted by Crippen LogP contribution is -2.34. The third-order valence-corrected chi connectivity index (χ3v) is 4.26. The van der Waals surface area contributed by atoms with Crippen LogP contribution in [0.2, 0.25) is 5.02 Å². The van der Waals surface area contributed by atoms with E-state index in [4.69, 9.17) is 27.9 Å². The summed E-state index contributed by atoms with van der Waals surface area (Å²) < 4.78 is 43.7. The predicted molar refractivity (Wildman–Crippen MR) is 109 cm³/mol. The molecule has 0 fully saturated rings. The molecule has 7 N–H and O–H groups in total. The maximum absolute atomic E-state index is 14.9. The molecule has 1 aromatic heterocycles. The lowest BCUT2D eigenvalue weighted by molar-refractivity contribution is -0.337. The van der Waals surface area contributed by atoms with Crippen LogP contribution in [0.3, 0.4) is 0 Å². The van der Waals surface area contributed by atoms with Crippen LogP contribution < -0.4 is 27.1 Å². The average molecular weight is 471 g/mol.